The molecule has 0 spiro atoms. The predicted molar refractivity (Wildman–Crippen MR) is 62.4 cm³/mol. The van der Waals surface area contributed by atoms with Gasteiger partial charge in [-0.3, -0.25) is 0 Å². The van der Waals surface area contributed by atoms with Gasteiger partial charge in [0.05, 0.1) is 6.54 Å². The van der Waals surface area contributed by atoms with Crippen molar-refractivity contribution >= 4 is 0 Å². The highest BCUT2D eigenvalue weighted by Crippen LogP contribution is 2.34. The van der Waals surface area contributed by atoms with Crippen LogP contribution in [-0.4, -0.2) is 16.7 Å². The van der Waals surface area contributed by atoms with Gasteiger partial charge in [0.15, 0.2) is 5.76 Å². The SMILES string of the molecule is CC1(c2noc(-c3ccc(CN)o3)n2)CCCO1. The Morgan fingerprint density at radius 2 is 2.33 bits per heavy atom. The summed E-state index contributed by atoms with van der Waals surface area (Å²) in [5, 5.41) is 3.98. The molecule has 18 heavy (non-hydrogen) atoms. The number of hydrogen-bond donors (Lipinski definition) is 1. The van der Waals surface area contributed by atoms with Gasteiger partial charge in [-0.25, -0.2) is 0 Å². The Labute approximate surface area is 104 Å². The fraction of sp³-hybridized carbons (Fsp3) is 0.500. The van der Waals surface area contributed by atoms with Crippen LogP contribution in [0.25, 0.3) is 11.7 Å². The van der Waals surface area contributed by atoms with E-state index in [4.69, 9.17) is 19.4 Å². The average Bonchev–Trinajstić information content (AvgIpc) is 3.08. The maximum absolute atomic E-state index is 5.67. The van der Waals surface area contributed by atoms with E-state index in [1.165, 1.54) is 0 Å². The fourth-order valence-corrected chi connectivity index (χ4v) is 2.10. The maximum Gasteiger partial charge on any atom is 0.293 e. The third kappa shape index (κ3) is 1.83. The van der Waals surface area contributed by atoms with Crippen LogP contribution in [0.4, 0.5) is 0 Å². The van der Waals surface area contributed by atoms with Crippen molar-refractivity contribution in [3.05, 3.63) is 23.7 Å². The quantitative estimate of drug-likeness (QED) is 0.892. The molecule has 1 saturated heterocycles. The van der Waals surface area contributed by atoms with E-state index in [1.54, 1.807) is 12.1 Å². The first kappa shape index (κ1) is 11.4. The number of nitrogens with two attached hydrogens (primary N) is 1. The van der Waals surface area contributed by atoms with Gasteiger partial charge in [-0.05, 0) is 31.9 Å². The van der Waals surface area contributed by atoms with Gasteiger partial charge in [0, 0.05) is 6.61 Å². The van der Waals surface area contributed by atoms with E-state index >= 15 is 0 Å². The molecule has 0 saturated carbocycles. The van der Waals surface area contributed by atoms with Crippen molar-refractivity contribution in [2.24, 2.45) is 5.73 Å². The van der Waals surface area contributed by atoms with Crippen LogP contribution in [0.15, 0.2) is 21.1 Å². The van der Waals surface area contributed by atoms with Gasteiger partial charge in [0.1, 0.15) is 11.4 Å². The lowest BCUT2D eigenvalue weighted by molar-refractivity contribution is 0.00768. The Bertz CT molecular complexity index is 540. The number of ether oxygens (including phenoxy) is 1. The second-order valence-electron chi connectivity index (χ2n) is 4.58. The Morgan fingerprint density at radius 1 is 1.44 bits per heavy atom. The summed E-state index contributed by atoms with van der Waals surface area (Å²) in [6.45, 7) is 3.06. The molecule has 0 radical (unpaired) electrons. The molecule has 3 rings (SSSR count). The van der Waals surface area contributed by atoms with Gasteiger partial charge in [-0.1, -0.05) is 5.16 Å². The summed E-state index contributed by atoms with van der Waals surface area (Å²) in [5.74, 6) is 2.16. The molecule has 1 aliphatic heterocycles. The molecule has 6 heteroatoms. The summed E-state index contributed by atoms with van der Waals surface area (Å²) in [6, 6.07) is 3.57. The zero-order valence-corrected chi connectivity index (χ0v) is 10.2. The van der Waals surface area contributed by atoms with Crippen molar-refractivity contribution in [1.82, 2.24) is 10.1 Å². The van der Waals surface area contributed by atoms with Crippen LogP contribution in [0.1, 0.15) is 31.4 Å². The molecule has 0 bridgehead atoms. The minimum Gasteiger partial charge on any atom is -0.455 e. The first-order valence-electron chi connectivity index (χ1n) is 5.98. The van der Waals surface area contributed by atoms with E-state index in [9.17, 15) is 0 Å². The molecule has 0 aromatic carbocycles. The second kappa shape index (κ2) is 4.22. The highest BCUT2D eigenvalue weighted by Gasteiger charge is 2.37. The third-order valence-electron chi connectivity index (χ3n) is 3.19. The first-order chi connectivity index (χ1) is 8.71. The molecule has 2 aromatic rings. The van der Waals surface area contributed by atoms with E-state index in [2.05, 4.69) is 10.1 Å². The van der Waals surface area contributed by atoms with Crippen LogP contribution < -0.4 is 5.73 Å². The lowest BCUT2D eigenvalue weighted by Crippen LogP contribution is -2.21. The summed E-state index contributed by atoms with van der Waals surface area (Å²) in [7, 11) is 0. The van der Waals surface area contributed by atoms with Crippen LogP contribution >= 0.6 is 0 Å². The van der Waals surface area contributed by atoms with Gasteiger partial charge in [0.25, 0.3) is 5.89 Å². The van der Waals surface area contributed by atoms with Crippen molar-refractivity contribution in [3.63, 3.8) is 0 Å². The van der Waals surface area contributed by atoms with Gasteiger partial charge < -0.3 is 19.4 Å². The van der Waals surface area contributed by atoms with Crippen LogP contribution in [0.2, 0.25) is 0 Å². The molecule has 1 atom stereocenters. The zero-order valence-electron chi connectivity index (χ0n) is 10.2. The van der Waals surface area contributed by atoms with Crippen molar-refractivity contribution in [3.8, 4) is 11.7 Å². The van der Waals surface area contributed by atoms with Crippen molar-refractivity contribution < 1.29 is 13.7 Å². The summed E-state index contributed by atoms with van der Waals surface area (Å²) in [4.78, 5) is 4.34. The number of furan rings is 1. The highest BCUT2D eigenvalue weighted by molar-refractivity contribution is 5.44. The molecule has 2 aromatic heterocycles. The van der Waals surface area contributed by atoms with E-state index < -0.39 is 5.60 Å². The maximum atomic E-state index is 5.67. The Balaban J connectivity index is 1.89. The first-order valence-corrected chi connectivity index (χ1v) is 5.98. The molecule has 2 N–H and O–H groups in total. The molecule has 0 amide bonds. The fourth-order valence-electron chi connectivity index (χ4n) is 2.10. The molecular weight excluding hydrogens is 234 g/mol. The third-order valence-corrected chi connectivity index (χ3v) is 3.19. The Kier molecular flexibility index (Phi) is 2.68. The van der Waals surface area contributed by atoms with E-state index in [0.717, 1.165) is 19.4 Å². The molecule has 6 nitrogen and oxygen atoms in total. The molecule has 1 unspecified atom stereocenters. The standard InChI is InChI=1S/C12H15N3O3/c1-12(5-2-6-16-12)11-14-10(18-15-11)9-4-3-8(7-13)17-9/h3-4H,2,5-7,13H2,1H3. The van der Waals surface area contributed by atoms with Gasteiger partial charge in [-0.15, -0.1) is 0 Å². The lowest BCUT2D eigenvalue weighted by atomic mass is 10.0. The van der Waals surface area contributed by atoms with Crippen molar-refractivity contribution in [1.29, 1.82) is 0 Å². The largest absolute Gasteiger partial charge is 0.455 e. The smallest absolute Gasteiger partial charge is 0.293 e. The summed E-state index contributed by atoms with van der Waals surface area (Å²) in [6.07, 6.45) is 1.91. The van der Waals surface area contributed by atoms with Gasteiger partial charge in [0.2, 0.25) is 5.82 Å². The van der Waals surface area contributed by atoms with Crippen LogP contribution in [0.3, 0.4) is 0 Å². The van der Waals surface area contributed by atoms with Gasteiger partial charge in [-0.2, -0.15) is 4.98 Å². The second-order valence-corrected chi connectivity index (χ2v) is 4.58. The minimum absolute atomic E-state index is 0.349. The minimum atomic E-state index is -0.439. The average molecular weight is 249 g/mol. The van der Waals surface area contributed by atoms with E-state index in [0.29, 0.717) is 29.8 Å². The molecule has 1 fully saturated rings. The van der Waals surface area contributed by atoms with Gasteiger partial charge >= 0.3 is 0 Å². The number of nitrogens with zero attached hydrogens (tertiary/aromatic N) is 2. The highest BCUT2D eigenvalue weighted by atomic mass is 16.5. The molecule has 96 valence electrons. The molecule has 0 aliphatic carbocycles. The van der Waals surface area contributed by atoms with E-state index in [1.807, 2.05) is 6.92 Å². The number of rotatable bonds is 3. The molecule has 1 aliphatic rings. The Hall–Kier alpha value is -1.66. The van der Waals surface area contributed by atoms with Crippen molar-refractivity contribution in [2.75, 3.05) is 6.61 Å². The summed E-state index contributed by atoms with van der Waals surface area (Å²) < 4.78 is 16.3. The molecular formula is C12H15N3O3. The monoisotopic (exact) mass is 249 g/mol. The number of aromatic nitrogens is 2. The van der Waals surface area contributed by atoms with Crippen molar-refractivity contribution in [2.45, 2.75) is 31.9 Å². The van der Waals surface area contributed by atoms with Crippen LogP contribution in [0, 0.1) is 0 Å². The van der Waals surface area contributed by atoms with Crippen LogP contribution in [-0.2, 0) is 16.9 Å². The zero-order chi connectivity index (χ0) is 12.6. The summed E-state index contributed by atoms with van der Waals surface area (Å²) in [5.41, 5.74) is 5.05. The van der Waals surface area contributed by atoms with E-state index in [-0.39, 0.29) is 0 Å². The predicted octanol–water partition coefficient (Wildman–Crippen LogP) is 1.81. The topological polar surface area (TPSA) is 87.3 Å². The lowest BCUT2D eigenvalue weighted by Gasteiger charge is -2.17. The molecule has 3 heterocycles. The Morgan fingerprint density at radius 3 is 3.00 bits per heavy atom. The van der Waals surface area contributed by atoms with Crippen LogP contribution in [0.5, 0.6) is 0 Å². The number of hydrogen-bond acceptors (Lipinski definition) is 6. The normalized spacial score (nSPS) is 23.7. The summed E-state index contributed by atoms with van der Waals surface area (Å²) >= 11 is 0.